The van der Waals surface area contributed by atoms with Gasteiger partial charge in [0.05, 0.1) is 0 Å². The second kappa shape index (κ2) is 7.18. The summed E-state index contributed by atoms with van der Waals surface area (Å²) < 4.78 is 12.9. The summed E-state index contributed by atoms with van der Waals surface area (Å²) >= 11 is 5.97. The molecule has 0 amide bonds. The van der Waals surface area contributed by atoms with Crippen molar-refractivity contribution in [3.63, 3.8) is 0 Å². The van der Waals surface area contributed by atoms with Crippen LogP contribution in [-0.4, -0.2) is 29.0 Å². The largest absolute Gasteiger partial charge is 0.409 e. The molecular formula is C12H17ClFN3O. The molecule has 0 atom stereocenters. The Balaban J connectivity index is 2.62. The van der Waals surface area contributed by atoms with E-state index in [-0.39, 0.29) is 11.7 Å². The molecule has 0 aliphatic rings. The summed E-state index contributed by atoms with van der Waals surface area (Å²) in [5, 5.41) is 11.8. The number of oxime groups is 1. The number of nitrogens with zero attached hydrogens (tertiary/aromatic N) is 2. The predicted octanol–water partition coefficient (Wildman–Crippen LogP) is 2.44. The van der Waals surface area contributed by atoms with Gasteiger partial charge in [0.25, 0.3) is 0 Å². The Morgan fingerprint density at radius 1 is 1.56 bits per heavy atom. The van der Waals surface area contributed by atoms with Crippen molar-refractivity contribution in [3.8, 4) is 0 Å². The lowest BCUT2D eigenvalue weighted by molar-refractivity contribution is 0.283. The third-order valence-corrected chi connectivity index (χ3v) is 3.02. The lowest BCUT2D eigenvalue weighted by atomic mass is 10.2. The van der Waals surface area contributed by atoms with Crippen LogP contribution in [0.3, 0.4) is 0 Å². The molecule has 0 aliphatic carbocycles. The van der Waals surface area contributed by atoms with E-state index in [1.165, 1.54) is 12.1 Å². The van der Waals surface area contributed by atoms with E-state index in [1.54, 1.807) is 6.07 Å². The number of halogens is 2. The second-order valence-electron chi connectivity index (χ2n) is 3.95. The highest BCUT2D eigenvalue weighted by molar-refractivity contribution is 6.31. The van der Waals surface area contributed by atoms with Crippen LogP contribution >= 0.6 is 11.6 Å². The van der Waals surface area contributed by atoms with E-state index in [0.29, 0.717) is 24.5 Å². The molecule has 6 heteroatoms. The predicted molar refractivity (Wildman–Crippen MR) is 70.4 cm³/mol. The topological polar surface area (TPSA) is 61.8 Å². The molecule has 0 spiro atoms. The maximum absolute atomic E-state index is 12.9. The van der Waals surface area contributed by atoms with Crippen LogP contribution in [-0.2, 0) is 6.54 Å². The van der Waals surface area contributed by atoms with E-state index in [2.05, 4.69) is 10.1 Å². The molecule has 3 N–H and O–H groups in total. The van der Waals surface area contributed by atoms with Gasteiger partial charge >= 0.3 is 0 Å². The Morgan fingerprint density at radius 2 is 2.28 bits per heavy atom. The number of benzene rings is 1. The van der Waals surface area contributed by atoms with Crippen molar-refractivity contribution in [1.29, 1.82) is 0 Å². The van der Waals surface area contributed by atoms with E-state index in [1.807, 2.05) is 6.92 Å². The van der Waals surface area contributed by atoms with Gasteiger partial charge < -0.3 is 10.9 Å². The first-order valence-electron chi connectivity index (χ1n) is 5.69. The van der Waals surface area contributed by atoms with Crippen LogP contribution in [0.5, 0.6) is 0 Å². The Labute approximate surface area is 111 Å². The van der Waals surface area contributed by atoms with E-state index in [0.717, 1.165) is 12.1 Å². The molecule has 0 saturated carbocycles. The number of hydrogen-bond acceptors (Lipinski definition) is 3. The summed E-state index contributed by atoms with van der Waals surface area (Å²) in [6.45, 7) is 4.06. The zero-order valence-electron chi connectivity index (χ0n) is 10.2. The standard InChI is InChI=1S/C12H17ClFN3O/c1-2-17(6-5-12(15)16-18)8-9-3-4-10(14)7-11(9)13/h3-4,7,18H,2,5-6,8H2,1H3,(H2,15,16). The Kier molecular flexibility index (Phi) is 5.88. The fourth-order valence-electron chi connectivity index (χ4n) is 1.56. The average molecular weight is 274 g/mol. The van der Waals surface area contributed by atoms with Crippen molar-refractivity contribution in [1.82, 2.24) is 4.90 Å². The number of hydrogen-bond donors (Lipinski definition) is 2. The molecule has 0 fully saturated rings. The maximum Gasteiger partial charge on any atom is 0.140 e. The van der Waals surface area contributed by atoms with Gasteiger partial charge in [-0.1, -0.05) is 29.7 Å². The minimum absolute atomic E-state index is 0.193. The molecule has 0 saturated heterocycles. The molecular weight excluding hydrogens is 257 g/mol. The van der Waals surface area contributed by atoms with Gasteiger partial charge in [-0.3, -0.25) is 4.90 Å². The van der Waals surface area contributed by atoms with Gasteiger partial charge in [0.2, 0.25) is 0 Å². The van der Waals surface area contributed by atoms with Crippen LogP contribution in [0.2, 0.25) is 5.02 Å². The second-order valence-corrected chi connectivity index (χ2v) is 4.35. The molecule has 0 aromatic heterocycles. The molecule has 0 bridgehead atoms. The molecule has 0 aliphatic heterocycles. The van der Waals surface area contributed by atoms with Gasteiger partial charge in [-0.05, 0) is 24.2 Å². The van der Waals surface area contributed by atoms with Crippen LogP contribution in [0.15, 0.2) is 23.4 Å². The molecule has 0 heterocycles. The third-order valence-electron chi connectivity index (χ3n) is 2.67. The van der Waals surface area contributed by atoms with E-state index >= 15 is 0 Å². The van der Waals surface area contributed by atoms with Gasteiger partial charge in [0.1, 0.15) is 11.7 Å². The highest BCUT2D eigenvalue weighted by Crippen LogP contribution is 2.19. The van der Waals surface area contributed by atoms with Gasteiger partial charge in [-0.2, -0.15) is 0 Å². The van der Waals surface area contributed by atoms with E-state index in [4.69, 9.17) is 22.5 Å². The number of amidine groups is 1. The minimum atomic E-state index is -0.344. The van der Waals surface area contributed by atoms with Gasteiger partial charge in [0, 0.05) is 24.5 Å². The summed E-state index contributed by atoms with van der Waals surface area (Å²) in [6, 6.07) is 4.36. The summed E-state index contributed by atoms with van der Waals surface area (Å²) in [5.74, 6) is -0.151. The lowest BCUT2D eigenvalue weighted by Gasteiger charge is -2.20. The quantitative estimate of drug-likeness (QED) is 0.362. The fourth-order valence-corrected chi connectivity index (χ4v) is 1.79. The Morgan fingerprint density at radius 3 is 2.83 bits per heavy atom. The van der Waals surface area contributed by atoms with Crippen molar-refractivity contribution in [2.75, 3.05) is 13.1 Å². The zero-order chi connectivity index (χ0) is 13.5. The average Bonchev–Trinajstić information content (AvgIpc) is 2.36. The van der Waals surface area contributed by atoms with Crippen LogP contribution in [0.1, 0.15) is 18.9 Å². The van der Waals surface area contributed by atoms with Gasteiger partial charge in [-0.25, -0.2) is 4.39 Å². The summed E-state index contributed by atoms with van der Waals surface area (Å²) in [7, 11) is 0. The highest BCUT2D eigenvalue weighted by atomic mass is 35.5. The highest BCUT2D eigenvalue weighted by Gasteiger charge is 2.08. The van der Waals surface area contributed by atoms with Crippen LogP contribution in [0, 0.1) is 5.82 Å². The van der Waals surface area contributed by atoms with E-state index < -0.39 is 0 Å². The maximum atomic E-state index is 12.9. The van der Waals surface area contributed by atoms with Gasteiger partial charge in [0.15, 0.2) is 0 Å². The lowest BCUT2D eigenvalue weighted by Crippen LogP contribution is -2.28. The molecule has 1 aromatic carbocycles. The third kappa shape index (κ3) is 4.50. The van der Waals surface area contributed by atoms with Crippen LogP contribution < -0.4 is 5.73 Å². The van der Waals surface area contributed by atoms with Crippen molar-refractivity contribution in [2.24, 2.45) is 10.9 Å². The van der Waals surface area contributed by atoms with Crippen LogP contribution in [0.25, 0.3) is 0 Å². The summed E-state index contributed by atoms with van der Waals surface area (Å²) in [4.78, 5) is 2.08. The van der Waals surface area contributed by atoms with Gasteiger partial charge in [-0.15, -0.1) is 0 Å². The minimum Gasteiger partial charge on any atom is -0.409 e. The number of nitrogens with two attached hydrogens (primary N) is 1. The normalized spacial score (nSPS) is 12.1. The van der Waals surface area contributed by atoms with Crippen molar-refractivity contribution >= 4 is 17.4 Å². The Bertz CT molecular complexity index is 426. The van der Waals surface area contributed by atoms with Crippen LogP contribution in [0.4, 0.5) is 4.39 Å². The molecule has 100 valence electrons. The van der Waals surface area contributed by atoms with E-state index in [9.17, 15) is 4.39 Å². The zero-order valence-corrected chi connectivity index (χ0v) is 11.0. The summed E-state index contributed by atoms with van der Waals surface area (Å²) in [5.41, 5.74) is 6.28. The molecule has 1 rings (SSSR count). The Hall–Kier alpha value is -1.33. The first kappa shape index (κ1) is 14.7. The molecule has 1 aromatic rings. The van der Waals surface area contributed by atoms with Crippen molar-refractivity contribution < 1.29 is 9.60 Å². The molecule has 0 unspecified atom stereocenters. The van der Waals surface area contributed by atoms with Crippen molar-refractivity contribution in [3.05, 3.63) is 34.6 Å². The first-order valence-corrected chi connectivity index (χ1v) is 6.07. The fraction of sp³-hybridized carbons (Fsp3) is 0.417. The monoisotopic (exact) mass is 273 g/mol. The number of rotatable bonds is 6. The molecule has 18 heavy (non-hydrogen) atoms. The summed E-state index contributed by atoms with van der Waals surface area (Å²) in [6.07, 6.45) is 0.475. The smallest absolute Gasteiger partial charge is 0.140 e. The molecule has 0 radical (unpaired) electrons. The SMILES string of the molecule is CCN(CCC(N)=NO)Cc1ccc(F)cc1Cl. The molecule has 4 nitrogen and oxygen atoms in total. The van der Waals surface area contributed by atoms with Crippen molar-refractivity contribution in [2.45, 2.75) is 19.9 Å². The first-order chi connectivity index (χ1) is 8.56.